The molecule has 2 rings (SSSR count). The molecule has 104 valence electrons. The summed E-state index contributed by atoms with van der Waals surface area (Å²) in [5.41, 5.74) is 0.441. The van der Waals surface area contributed by atoms with E-state index in [-0.39, 0.29) is 24.3 Å². The Bertz CT molecular complexity index is 445. The second kappa shape index (κ2) is 6.52. The van der Waals surface area contributed by atoms with Crippen molar-refractivity contribution in [2.75, 3.05) is 18.9 Å². The van der Waals surface area contributed by atoms with Gasteiger partial charge >= 0.3 is 0 Å². The van der Waals surface area contributed by atoms with E-state index < -0.39 is 5.82 Å². The summed E-state index contributed by atoms with van der Waals surface area (Å²) in [5.74, 6) is -0.376. The lowest BCUT2D eigenvalue weighted by molar-refractivity contribution is -0.115. The van der Waals surface area contributed by atoms with Gasteiger partial charge in [0.25, 0.3) is 0 Å². The van der Waals surface area contributed by atoms with E-state index >= 15 is 0 Å². The molecule has 1 fully saturated rings. The summed E-state index contributed by atoms with van der Waals surface area (Å²) in [6, 6.07) is 4.52. The van der Waals surface area contributed by atoms with Gasteiger partial charge in [0.15, 0.2) is 11.6 Å². The van der Waals surface area contributed by atoms with E-state index in [2.05, 4.69) is 10.6 Å². The number of nitrogens with one attached hydrogen (secondary N) is 2. The first kappa shape index (κ1) is 13.8. The van der Waals surface area contributed by atoms with E-state index in [1.807, 2.05) is 0 Å². The minimum absolute atomic E-state index is 0.124. The van der Waals surface area contributed by atoms with E-state index in [0.29, 0.717) is 5.69 Å². The second-order valence-electron chi connectivity index (χ2n) is 4.75. The van der Waals surface area contributed by atoms with Crippen LogP contribution >= 0.6 is 0 Å². The largest absolute Gasteiger partial charge is 0.487 e. The van der Waals surface area contributed by atoms with Crippen molar-refractivity contribution in [3.8, 4) is 5.75 Å². The maximum atomic E-state index is 13.8. The van der Waals surface area contributed by atoms with E-state index in [1.165, 1.54) is 6.07 Å². The molecule has 0 bridgehead atoms. The molecule has 1 aliphatic rings. The maximum absolute atomic E-state index is 13.8. The lowest BCUT2D eigenvalue weighted by Crippen LogP contribution is -2.25. The molecule has 1 saturated carbocycles. The Morgan fingerprint density at radius 3 is 2.79 bits per heavy atom. The van der Waals surface area contributed by atoms with Crippen LogP contribution in [0.5, 0.6) is 5.75 Å². The quantitative estimate of drug-likeness (QED) is 0.860. The molecule has 0 unspecified atom stereocenters. The van der Waals surface area contributed by atoms with Gasteiger partial charge in [-0.15, -0.1) is 0 Å². The van der Waals surface area contributed by atoms with Crippen molar-refractivity contribution in [2.45, 2.75) is 31.8 Å². The number of carbonyl (C=O) groups is 1. The van der Waals surface area contributed by atoms with Crippen molar-refractivity contribution in [1.82, 2.24) is 5.32 Å². The number of hydrogen-bond acceptors (Lipinski definition) is 3. The van der Waals surface area contributed by atoms with Crippen LogP contribution in [-0.2, 0) is 4.79 Å². The van der Waals surface area contributed by atoms with Gasteiger partial charge in [-0.05, 0) is 44.9 Å². The third kappa shape index (κ3) is 3.92. The molecule has 1 amide bonds. The van der Waals surface area contributed by atoms with Crippen molar-refractivity contribution < 1.29 is 13.9 Å². The number of hydrogen-bond donors (Lipinski definition) is 2. The van der Waals surface area contributed by atoms with Crippen LogP contribution in [0.15, 0.2) is 18.2 Å². The highest BCUT2D eigenvalue weighted by Gasteiger charge is 2.18. The predicted molar refractivity (Wildman–Crippen MR) is 71.8 cm³/mol. The van der Waals surface area contributed by atoms with Crippen LogP contribution in [0.3, 0.4) is 0 Å². The highest BCUT2D eigenvalue weighted by atomic mass is 19.1. The lowest BCUT2D eigenvalue weighted by atomic mass is 10.2. The van der Waals surface area contributed by atoms with Crippen LogP contribution in [0.25, 0.3) is 0 Å². The number of likely N-dealkylation sites (N-methyl/N-ethyl adjacent to an activating group) is 1. The van der Waals surface area contributed by atoms with Gasteiger partial charge in [-0.3, -0.25) is 4.79 Å². The van der Waals surface area contributed by atoms with E-state index in [9.17, 15) is 9.18 Å². The summed E-state index contributed by atoms with van der Waals surface area (Å²) in [6.45, 7) is 0.196. The molecule has 0 heterocycles. The molecule has 2 N–H and O–H groups in total. The topological polar surface area (TPSA) is 50.4 Å². The van der Waals surface area contributed by atoms with Crippen LogP contribution < -0.4 is 15.4 Å². The fraction of sp³-hybridized carbons (Fsp3) is 0.500. The van der Waals surface area contributed by atoms with E-state index in [1.54, 1.807) is 19.2 Å². The molecule has 0 spiro atoms. The third-order valence-electron chi connectivity index (χ3n) is 3.15. The third-order valence-corrected chi connectivity index (χ3v) is 3.15. The van der Waals surface area contributed by atoms with Gasteiger partial charge in [-0.25, -0.2) is 4.39 Å². The minimum atomic E-state index is -0.436. The molecule has 19 heavy (non-hydrogen) atoms. The minimum Gasteiger partial charge on any atom is -0.487 e. The standard InChI is InChI=1S/C14H19FN2O2/c1-16-9-14(18)17-10-6-7-13(12(15)8-10)19-11-4-2-3-5-11/h6-8,11,16H,2-5,9H2,1H3,(H,17,18). The number of ether oxygens (including phenoxy) is 1. The van der Waals surface area contributed by atoms with Gasteiger partial charge < -0.3 is 15.4 Å². The molecule has 4 nitrogen and oxygen atoms in total. The first-order valence-corrected chi connectivity index (χ1v) is 6.59. The van der Waals surface area contributed by atoms with Crippen LogP contribution in [0.4, 0.5) is 10.1 Å². The van der Waals surface area contributed by atoms with Crippen molar-refractivity contribution in [2.24, 2.45) is 0 Å². The number of amides is 1. The van der Waals surface area contributed by atoms with Crippen molar-refractivity contribution in [1.29, 1.82) is 0 Å². The second-order valence-corrected chi connectivity index (χ2v) is 4.75. The Morgan fingerprint density at radius 2 is 2.16 bits per heavy atom. The van der Waals surface area contributed by atoms with Crippen molar-refractivity contribution in [3.05, 3.63) is 24.0 Å². The number of rotatable bonds is 5. The van der Waals surface area contributed by atoms with Gasteiger partial charge in [0.1, 0.15) is 0 Å². The number of carbonyl (C=O) groups excluding carboxylic acids is 1. The summed E-state index contributed by atoms with van der Waals surface area (Å²) in [7, 11) is 1.68. The maximum Gasteiger partial charge on any atom is 0.238 e. The highest BCUT2D eigenvalue weighted by Crippen LogP contribution is 2.27. The normalized spacial score (nSPS) is 15.5. The Morgan fingerprint density at radius 1 is 1.42 bits per heavy atom. The first-order chi connectivity index (χ1) is 9.19. The average molecular weight is 266 g/mol. The zero-order chi connectivity index (χ0) is 13.7. The zero-order valence-electron chi connectivity index (χ0n) is 11.0. The molecule has 0 radical (unpaired) electrons. The molecule has 0 atom stereocenters. The highest BCUT2D eigenvalue weighted by molar-refractivity contribution is 5.92. The monoisotopic (exact) mass is 266 g/mol. The van der Waals surface area contributed by atoms with Crippen LogP contribution in [0, 0.1) is 5.82 Å². The summed E-state index contributed by atoms with van der Waals surface area (Å²) in [6.07, 6.45) is 4.38. The summed E-state index contributed by atoms with van der Waals surface area (Å²) in [4.78, 5) is 11.4. The van der Waals surface area contributed by atoms with Crippen LogP contribution in [0.1, 0.15) is 25.7 Å². The van der Waals surface area contributed by atoms with Gasteiger partial charge in [-0.1, -0.05) is 0 Å². The van der Waals surface area contributed by atoms with E-state index in [4.69, 9.17) is 4.74 Å². The molecular weight excluding hydrogens is 247 g/mol. The van der Waals surface area contributed by atoms with Gasteiger partial charge in [0.05, 0.1) is 12.6 Å². The molecule has 1 aromatic carbocycles. The molecule has 1 aromatic rings. The zero-order valence-corrected chi connectivity index (χ0v) is 11.0. The van der Waals surface area contributed by atoms with Crippen molar-refractivity contribution in [3.63, 3.8) is 0 Å². The fourth-order valence-electron chi connectivity index (χ4n) is 2.23. The van der Waals surface area contributed by atoms with Crippen molar-refractivity contribution >= 4 is 11.6 Å². The molecule has 0 saturated heterocycles. The summed E-state index contributed by atoms with van der Waals surface area (Å²) < 4.78 is 19.5. The Kier molecular flexibility index (Phi) is 4.74. The lowest BCUT2D eigenvalue weighted by Gasteiger charge is -2.14. The number of anilines is 1. The number of benzene rings is 1. The Labute approximate surface area is 112 Å². The average Bonchev–Trinajstić information content (AvgIpc) is 2.86. The molecule has 5 heteroatoms. The van der Waals surface area contributed by atoms with E-state index in [0.717, 1.165) is 25.7 Å². The first-order valence-electron chi connectivity index (χ1n) is 6.59. The molecular formula is C14H19FN2O2. The van der Waals surface area contributed by atoms with Crippen LogP contribution in [-0.4, -0.2) is 25.6 Å². The fourth-order valence-corrected chi connectivity index (χ4v) is 2.23. The summed E-state index contributed by atoms with van der Waals surface area (Å²) in [5, 5.41) is 5.34. The molecule has 1 aliphatic carbocycles. The Balaban J connectivity index is 1.97. The predicted octanol–water partition coefficient (Wildman–Crippen LogP) is 2.30. The smallest absolute Gasteiger partial charge is 0.238 e. The molecule has 0 aliphatic heterocycles. The van der Waals surface area contributed by atoms with Gasteiger partial charge in [0, 0.05) is 11.8 Å². The Hall–Kier alpha value is -1.62. The van der Waals surface area contributed by atoms with Crippen LogP contribution in [0.2, 0.25) is 0 Å². The molecule has 0 aromatic heterocycles. The van der Waals surface area contributed by atoms with Gasteiger partial charge in [-0.2, -0.15) is 0 Å². The SMILES string of the molecule is CNCC(=O)Nc1ccc(OC2CCCC2)c(F)c1. The van der Waals surface area contributed by atoms with Gasteiger partial charge in [0.2, 0.25) is 5.91 Å². The summed E-state index contributed by atoms with van der Waals surface area (Å²) >= 11 is 0. The number of halogens is 1.